The lowest BCUT2D eigenvalue weighted by Gasteiger charge is -2.30. The molecular formula is C24H18F2N2O3. The maximum Gasteiger partial charge on any atom is 0.294 e. The number of fused-ring (bicyclic) bond motifs is 1. The van der Waals surface area contributed by atoms with Gasteiger partial charge in [-0.3, -0.25) is 14.5 Å². The summed E-state index contributed by atoms with van der Waals surface area (Å²) < 4.78 is 32.8. The van der Waals surface area contributed by atoms with Gasteiger partial charge in [-0.1, -0.05) is 42.5 Å². The summed E-state index contributed by atoms with van der Waals surface area (Å²) in [5.74, 6) is -1.52. The molecule has 0 saturated heterocycles. The number of nitrogens with one attached hydrogen (secondary N) is 1. The molecular weight excluding hydrogens is 402 g/mol. The molecule has 1 heterocycles. The van der Waals surface area contributed by atoms with E-state index in [1.807, 2.05) is 0 Å². The lowest BCUT2D eigenvalue weighted by molar-refractivity contribution is -0.123. The molecule has 3 aromatic rings. The molecule has 5 nitrogen and oxygen atoms in total. The van der Waals surface area contributed by atoms with Crippen molar-refractivity contribution in [1.82, 2.24) is 5.32 Å². The van der Waals surface area contributed by atoms with Gasteiger partial charge in [0.2, 0.25) is 5.91 Å². The van der Waals surface area contributed by atoms with Gasteiger partial charge in [0.05, 0.1) is 5.69 Å². The molecule has 0 unspecified atom stereocenters. The van der Waals surface area contributed by atoms with Crippen LogP contribution in [0, 0.1) is 11.6 Å². The largest absolute Gasteiger partial charge is 0.449 e. The van der Waals surface area contributed by atoms with Crippen LogP contribution in [0.3, 0.4) is 0 Å². The molecule has 0 saturated carbocycles. The Labute approximate surface area is 177 Å². The van der Waals surface area contributed by atoms with Crippen LogP contribution in [0.4, 0.5) is 14.5 Å². The second-order valence-corrected chi connectivity index (χ2v) is 6.89. The van der Waals surface area contributed by atoms with E-state index in [0.717, 1.165) is 5.56 Å². The fourth-order valence-corrected chi connectivity index (χ4v) is 3.15. The number of amides is 2. The van der Waals surface area contributed by atoms with Gasteiger partial charge in [0.1, 0.15) is 18.2 Å². The standard InChI is InChI=1S/C24H18F2N2O3/c25-18-11-9-16(10-12-18)14-27-23(29)15-28-20-7-3-4-8-21(20)31-22(24(28)30)13-17-5-1-2-6-19(17)26/h1-13H,14-15H2,(H,27,29). The number of para-hydroxylation sites is 2. The first kappa shape index (κ1) is 20.3. The summed E-state index contributed by atoms with van der Waals surface area (Å²) in [5, 5.41) is 2.72. The van der Waals surface area contributed by atoms with E-state index in [-0.39, 0.29) is 30.2 Å². The minimum absolute atomic E-state index is 0.0878. The number of hydrogen-bond acceptors (Lipinski definition) is 3. The van der Waals surface area contributed by atoms with E-state index >= 15 is 0 Å². The first-order valence-electron chi connectivity index (χ1n) is 9.57. The van der Waals surface area contributed by atoms with Gasteiger partial charge >= 0.3 is 0 Å². The van der Waals surface area contributed by atoms with Crippen LogP contribution >= 0.6 is 0 Å². The molecule has 0 aliphatic carbocycles. The lowest BCUT2D eigenvalue weighted by Crippen LogP contribution is -2.44. The van der Waals surface area contributed by atoms with Crippen molar-refractivity contribution >= 4 is 23.6 Å². The van der Waals surface area contributed by atoms with Gasteiger partial charge in [-0.25, -0.2) is 8.78 Å². The first-order chi connectivity index (χ1) is 15.0. The summed E-state index contributed by atoms with van der Waals surface area (Å²) in [7, 11) is 0. The molecule has 0 fully saturated rings. The summed E-state index contributed by atoms with van der Waals surface area (Å²) in [5.41, 5.74) is 1.37. The third-order valence-electron chi connectivity index (χ3n) is 4.73. The summed E-state index contributed by atoms with van der Waals surface area (Å²) >= 11 is 0. The van der Waals surface area contributed by atoms with Crippen molar-refractivity contribution in [3.63, 3.8) is 0 Å². The van der Waals surface area contributed by atoms with Crippen molar-refractivity contribution in [1.29, 1.82) is 0 Å². The zero-order valence-corrected chi connectivity index (χ0v) is 16.3. The minimum atomic E-state index is -0.557. The van der Waals surface area contributed by atoms with Crippen molar-refractivity contribution in [3.05, 3.63) is 101 Å². The molecule has 4 rings (SSSR count). The van der Waals surface area contributed by atoms with E-state index in [2.05, 4.69) is 5.32 Å². The Balaban J connectivity index is 1.55. The van der Waals surface area contributed by atoms with E-state index in [0.29, 0.717) is 11.4 Å². The van der Waals surface area contributed by atoms with Crippen LogP contribution < -0.4 is 15.0 Å². The van der Waals surface area contributed by atoms with Crippen molar-refractivity contribution in [3.8, 4) is 5.75 Å². The zero-order chi connectivity index (χ0) is 21.8. The number of nitrogens with zero attached hydrogens (tertiary/aromatic N) is 1. The fraction of sp³-hybridized carbons (Fsp3) is 0.0833. The quantitative estimate of drug-likeness (QED) is 0.634. The highest BCUT2D eigenvalue weighted by Crippen LogP contribution is 2.35. The third-order valence-corrected chi connectivity index (χ3v) is 4.73. The molecule has 0 radical (unpaired) electrons. The summed E-state index contributed by atoms with van der Waals surface area (Å²) in [4.78, 5) is 26.8. The van der Waals surface area contributed by atoms with Gasteiger partial charge in [0.15, 0.2) is 11.5 Å². The lowest BCUT2D eigenvalue weighted by atomic mass is 10.1. The number of hydrogen-bond donors (Lipinski definition) is 1. The van der Waals surface area contributed by atoms with Gasteiger partial charge in [-0.2, -0.15) is 0 Å². The van der Waals surface area contributed by atoms with E-state index in [9.17, 15) is 18.4 Å². The molecule has 3 aromatic carbocycles. The topological polar surface area (TPSA) is 58.6 Å². The van der Waals surface area contributed by atoms with E-state index in [1.54, 1.807) is 48.5 Å². The number of benzene rings is 3. The second kappa shape index (κ2) is 8.79. The van der Waals surface area contributed by atoms with Gasteiger partial charge in [-0.05, 0) is 42.0 Å². The van der Waals surface area contributed by atoms with Crippen LogP contribution in [0.1, 0.15) is 11.1 Å². The highest BCUT2D eigenvalue weighted by atomic mass is 19.1. The van der Waals surface area contributed by atoms with Gasteiger partial charge in [-0.15, -0.1) is 0 Å². The predicted molar refractivity (Wildman–Crippen MR) is 112 cm³/mol. The molecule has 1 N–H and O–H groups in total. The fourth-order valence-electron chi connectivity index (χ4n) is 3.15. The van der Waals surface area contributed by atoms with Crippen LogP contribution in [-0.4, -0.2) is 18.4 Å². The number of rotatable bonds is 5. The Morgan fingerprint density at radius 3 is 2.45 bits per heavy atom. The SMILES string of the molecule is O=C(CN1C(=O)C(=Cc2ccccc2F)Oc2ccccc21)NCc1ccc(F)cc1. The van der Waals surface area contributed by atoms with Crippen LogP contribution in [0.15, 0.2) is 78.6 Å². The molecule has 7 heteroatoms. The normalized spacial score (nSPS) is 14.2. The molecule has 2 amide bonds. The van der Waals surface area contributed by atoms with Crippen molar-refractivity contribution in [2.24, 2.45) is 0 Å². The van der Waals surface area contributed by atoms with Crippen LogP contribution in [-0.2, 0) is 16.1 Å². The van der Waals surface area contributed by atoms with Gasteiger partial charge < -0.3 is 10.1 Å². The molecule has 0 aromatic heterocycles. The Morgan fingerprint density at radius 1 is 0.968 bits per heavy atom. The Morgan fingerprint density at radius 2 is 1.68 bits per heavy atom. The molecule has 31 heavy (non-hydrogen) atoms. The van der Waals surface area contributed by atoms with Gasteiger partial charge in [0, 0.05) is 12.1 Å². The summed E-state index contributed by atoms with van der Waals surface area (Å²) in [6, 6.07) is 18.6. The maximum atomic E-state index is 14.0. The Kier molecular flexibility index (Phi) is 5.75. The molecule has 0 bridgehead atoms. The highest BCUT2D eigenvalue weighted by molar-refractivity contribution is 6.12. The van der Waals surface area contributed by atoms with Crippen LogP contribution in [0.2, 0.25) is 0 Å². The van der Waals surface area contributed by atoms with Crippen LogP contribution in [0.25, 0.3) is 6.08 Å². The first-order valence-corrected chi connectivity index (χ1v) is 9.57. The van der Waals surface area contributed by atoms with Crippen molar-refractivity contribution < 1.29 is 23.1 Å². The van der Waals surface area contributed by atoms with Crippen molar-refractivity contribution in [2.75, 3.05) is 11.4 Å². The van der Waals surface area contributed by atoms with E-state index in [1.165, 1.54) is 35.2 Å². The van der Waals surface area contributed by atoms with E-state index in [4.69, 9.17) is 4.74 Å². The average Bonchev–Trinajstić information content (AvgIpc) is 2.77. The molecule has 1 aliphatic heterocycles. The maximum absolute atomic E-state index is 14.0. The number of anilines is 1. The smallest absolute Gasteiger partial charge is 0.294 e. The van der Waals surface area contributed by atoms with E-state index < -0.39 is 17.6 Å². The Hall–Kier alpha value is -4.00. The minimum Gasteiger partial charge on any atom is -0.449 e. The summed E-state index contributed by atoms with van der Waals surface area (Å²) in [6.45, 7) is -0.0633. The number of carbonyl (C=O) groups excluding carboxylic acids is 2. The zero-order valence-electron chi connectivity index (χ0n) is 16.3. The van der Waals surface area contributed by atoms with Gasteiger partial charge in [0.25, 0.3) is 5.91 Å². The number of carbonyl (C=O) groups is 2. The monoisotopic (exact) mass is 420 g/mol. The molecule has 1 aliphatic rings. The van der Waals surface area contributed by atoms with Crippen molar-refractivity contribution in [2.45, 2.75) is 6.54 Å². The highest BCUT2D eigenvalue weighted by Gasteiger charge is 2.31. The number of halogens is 2. The Bertz CT molecular complexity index is 1160. The second-order valence-electron chi connectivity index (χ2n) is 6.89. The average molecular weight is 420 g/mol. The molecule has 156 valence electrons. The molecule has 0 atom stereocenters. The third kappa shape index (κ3) is 4.61. The predicted octanol–water partition coefficient (Wildman–Crippen LogP) is 4.05. The summed E-state index contributed by atoms with van der Waals surface area (Å²) in [6.07, 6.45) is 1.32. The number of ether oxygens (including phenoxy) is 1. The molecule has 0 spiro atoms. The van der Waals surface area contributed by atoms with Crippen LogP contribution in [0.5, 0.6) is 5.75 Å².